The molecule has 0 unspecified atom stereocenters. The van der Waals surface area contributed by atoms with Gasteiger partial charge in [-0.05, 0) is 17.7 Å². The van der Waals surface area contributed by atoms with Crippen molar-refractivity contribution in [3.05, 3.63) is 59.9 Å². The normalized spacial score (nSPS) is 14.9. The minimum atomic E-state index is 0.0977. The average Bonchev–Trinajstić information content (AvgIpc) is 2.28. The fourth-order valence-electron chi connectivity index (χ4n) is 1.40. The molecule has 0 bridgehead atoms. The summed E-state index contributed by atoms with van der Waals surface area (Å²) in [7, 11) is 0. The Bertz CT molecular complexity index is 402. The number of ether oxygens (including phenoxy) is 1. The molecule has 0 amide bonds. The Morgan fingerprint density at radius 2 is 2.00 bits per heavy atom. The van der Waals surface area contributed by atoms with Crippen LogP contribution in [0.1, 0.15) is 12.0 Å². The lowest BCUT2D eigenvalue weighted by atomic mass is 10.1. The van der Waals surface area contributed by atoms with Crippen molar-refractivity contribution < 1.29 is 9.53 Å². The zero-order valence-electron chi connectivity index (χ0n) is 8.35. The zero-order valence-corrected chi connectivity index (χ0v) is 8.35. The van der Waals surface area contributed by atoms with E-state index in [1.807, 2.05) is 36.4 Å². The topological polar surface area (TPSA) is 26.3 Å². The van der Waals surface area contributed by atoms with E-state index in [1.54, 1.807) is 12.2 Å². The van der Waals surface area contributed by atoms with E-state index in [9.17, 15) is 4.79 Å². The van der Waals surface area contributed by atoms with Crippen LogP contribution in [0.5, 0.6) is 0 Å². The summed E-state index contributed by atoms with van der Waals surface area (Å²) in [5.41, 5.74) is 1.11. The maximum Gasteiger partial charge on any atom is 0.163 e. The van der Waals surface area contributed by atoms with E-state index >= 15 is 0 Å². The van der Waals surface area contributed by atoms with Gasteiger partial charge in [-0.3, -0.25) is 4.79 Å². The number of allylic oxidation sites excluding steroid dienone is 4. The molecule has 0 atom stereocenters. The molecule has 0 spiro atoms. The first kappa shape index (κ1) is 9.71. The second-order valence-corrected chi connectivity index (χ2v) is 3.41. The molecule has 0 heterocycles. The van der Waals surface area contributed by atoms with Gasteiger partial charge in [-0.15, -0.1) is 0 Å². The SMILES string of the molecule is O=C1C=CC=C(OCc2ccccc2)C1. The summed E-state index contributed by atoms with van der Waals surface area (Å²) < 4.78 is 5.53. The van der Waals surface area contributed by atoms with Crippen LogP contribution in [0.15, 0.2) is 54.3 Å². The molecule has 0 radical (unpaired) electrons. The predicted molar refractivity (Wildman–Crippen MR) is 58.1 cm³/mol. The predicted octanol–water partition coefficient (Wildman–Crippen LogP) is 2.62. The highest BCUT2D eigenvalue weighted by atomic mass is 16.5. The second-order valence-electron chi connectivity index (χ2n) is 3.41. The molecule has 2 heteroatoms. The van der Waals surface area contributed by atoms with Crippen molar-refractivity contribution in [3.63, 3.8) is 0 Å². The zero-order chi connectivity index (χ0) is 10.5. The minimum Gasteiger partial charge on any atom is -0.493 e. The number of hydrogen-bond acceptors (Lipinski definition) is 2. The van der Waals surface area contributed by atoms with Gasteiger partial charge in [0.2, 0.25) is 0 Å². The van der Waals surface area contributed by atoms with E-state index in [0.717, 1.165) is 11.3 Å². The van der Waals surface area contributed by atoms with Crippen molar-refractivity contribution in [2.45, 2.75) is 13.0 Å². The van der Waals surface area contributed by atoms with Gasteiger partial charge in [-0.1, -0.05) is 36.4 Å². The third kappa shape index (κ3) is 2.81. The monoisotopic (exact) mass is 200 g/mol. The number of carbonyl (C=O) groups excluding carboxylic acids is 1. The standard InChI is InChI=1S/C13H12O2/c14-12-7-4-8-13(9-12)15-10-11-5-2-1-3-6-11/h1-8H,9-10H2. The molecule has 2 rings (SSSR count). The maximum atomic E-state index is 11.1. The van der Waals surface area contributed by atoms with E-state index in [2.05, 4.69) is 0 Å². The summed E-state index contributed by atoms with van der Waals surface area (Å²) in [6.07, 6.45) is 5.51. The van der Waals surface area contributed by atoms with Crippen molar-refractivity contribution in [2.75, 3.05) is 0 Å². The third-order valence-corrected chi connectivity index (χ3v) is 2.18. The van der Waals surface area contributed by atoms with Gasteiger partial charge in [0.1, 0.15) is 12.4 Å². The molecule has 2 nitrogen and oxygen atoms in total. The number of rotatable bonds is 3. The second kappa shape index (κ2) is 4.60. The molecule has 0 saturated heterocycles. The fourth-order valence-corrected chi connectivity index (χ4v) is 1.40. The van der Waals surface area contributed by atoms with Crippen LogP contribution in [0.4, 0.5) is 0 Å². The molecule has 0 aromatic heterocycles. The highest BCUT2D eigenvalue weighted by molar-refractivity contribution is 5.92. The van der Waals surface area contributed by atoms with Crippen LogP contribution in [0.3, 0.4) is 0 Å². The molecule has 0 aliphatic heterocycles. The molecule has 1 aliphatic rings. The van der Waals surface area contributed by atoms with Crippen molar-refractivity contribution in [1.29, 1.82) is 0 Å². The van der Waals surface area contributed by atoms with Gasteiger partial charge in [-0.2, -0.15) is 0 Å². The molecule has 1 aliphatic carbocycles. The molecule has 1 aromatic carbocycles. The smallest absolute Gasteiger partial charge is 0.163 e. The fraction of sp³-hybridized carbons (Fsp3) is 0.154. The molecule has 1 aromatic rings. The first-order valence-electron chi connectivity index (χ1n) is 4.91. The van der Waals surface area contributed by atoms with E-state index in [1.165, 1.54) is 0 Å². The Hall–Kier alpha value is -1.83. The van der Waals surface area contributed by atoms with Crippen molar-refractivity contribution in [3.8, 4) is 0 Å². The first-order chi connectivity index (χ1) is 7.34. The molecule has 0 fully saturated rings. The van der Waals surface area contributed by atoms with Crippen molar-refractivity contribution in [1.82, 2.24) is 0 Å². The Labute approximate surface area is 88.9 Å². The van der Waals surface area contributed by atoms with Gasteiger partial charge in [0.25, 0.3) is 0 Å². The lowest BCUT2D eigenvalue weighted by molar-refractivity contribution is -0.114. The van der Waals surface area contributed by atoms with Crippen LogP contribution in [0, 0.1) is 0 Å². The highest BCUT2D eigenvalue weighted by Crippen LogP contribution is 2.13. The van der Waals surface area contributed by atoms with Crippen LogP contribution < -0.4 is 0 Å². The Morgan fingerprint density at radius 3 is 2.73 bits per heavy atom. The molecule has 76 valence electrons. The van der Waals surface area contributed by atoms with Crippen LogP contribution >= 0.6 is 0 Å². The van der Waals surface area contributed by atoms with E-state index in [0.29, 0.717) is 13.0 Å². The van der Waals surface area contributed by atoms with Crippen molar-refractivity contribution in [2.24, 2.45) is 0 Å². The number of carbonyl (C=O) groups is 1. The van der Waals surface area contributed by atoms with Gasteiger partial charge in [-0.25, -0.2) is 0 Å². The third-order valence-electron chi connectivity index (χ3n) is 2.18. The average molecular weight is 200 g/mol. The van der Waals surface area contributed by atoms with Gasteiger partial charge in [0, 0.05) is 0 Å². The summed E-state index contributed by atoms with van der Waals surface area (Å²) in [6.45, 7) is 0.522. The number of benzene rings is 1. The van der Waals surface area contributed by atoms with Gasteiger partial charge in [0.05, 0.1) is 6.42 Å². The minimum absolute atomic E-state index is 0.0977. The Balaban J connectivity index is 1.92. The van der Waals surface area contributed by atoms with Gasteiger partial charge >= 0.3 is 0 Å². The van der Waals surface area contributed by atoms with Gasteiger partial charge < -0.3 is 4.74 Å². The maximum absolute atomic E-state index is 11.1. The Morgan fingerprint density at radius 1 is 1.20 bits per heavy atom. The van der Waals surface area contributed by atoms with E-state index in [4.69, 9.17) is 4.74 Å². The van der Waals surface area contributed by atoms with Crippen LogP contribution in [-0.4, -0.2) is 5.78 Å². The lowest BCUT2D eigenvalue weighted by Gasteiger charge is -2.10. The van der Waals surface area contributed by atoms with Crippen LogP contribution in [0.2, 0.25) is 0 Å². The van der Waals surface area contributed by atoms with Crippen LogP contribution in [-0.2, 0) is 16.1 Å². The number of hydrogen-bond donors (Lipinski definition) is 0. The molecular weight excluding hydrogens is 188 g/mol. The summed E-state index contributed by atoms with van der Waals surface area (Å²) in [4.78, 5) is 11.1. The van der Waals surface area contributed by atoms with E-state index < -0.39 is 0 Å². The lowest BCUT2D eigenvalue weighted by Crippen LogP contribution is -2.03. The van der Waals surface area contributed by atoms with Gasteiger partial charge in [0.15, 0.2) is 5.78 Å². The molecule has 0 N–H and O–H groups in total. The summed E-state index contributed by atoms with van der Waals surface area (Å²) >= 11 is 0. The number of ketones is 1. The Kier molecular flexibility index (Phi) is 2.98. The molecular formula is C13H12O2. The molecule has 15 heavy (non-hydrogen) atoms. The largest absolute Gasteiger partial charge is 0.493 e. The summed E-state index contributed by atoms with van der Waals surface area (Å²) in [6, 6.07) is 9.91. The van der Waals surface area contributed by atoms with Crippen LogP contribution in [0.25, 0.3) is 0 Å². The quantitative estimate of drug-likeness (QED) is 0.749. The highest BCUT2D eigenvalue weighted by Gasteiger charge is 2.07. The first-order valence-corrected chi connectivity index (χ1v) is 4.91. The van der Waals surface area contributed by atoms with Crippen molar-refractivity contribution >= 4 is 5.78 Å². The summed E-state index contributed by atoms with van der Waals surface area (Å²) in [5, 5.41) is 0. The summed E-state index contributed by atoms with van der Waals surface area (Å²) in [5.74, 6) is 0.840. The molecule has 0 saturated carbocycles. The van der Waals surface area contributed by atoms with E-state index in [-0.39, 0.29) is 5.78 Å².